The highest BCUT2D eigenvalue weighted by Gasteiger charge is 2.10. The molecule has 0 aliphatic rings. The van der Waals surface area contributed by atoms with Crippen LogP contribution >= 0.6 is 11.8 Å². The van der Waals surface area contributed by atoms with E-state index < -0.39 is 4.92 Å². The number of thioether (sulfide) groups is 1. The van der Waals surface area contributed by atoms with Gasteiger partial charge in [-0.15, -0.1) is 0 Å². The molecule has 2 rings (SSSR count). The second-order valence-corrected chi connectivity index (χ2v) is 5.36. The van der Waals surface area contributed by atoms with Crippen LogP contribution in [0.4, 0.5) is 11.6 Å². The summed E-state index contributed by atoms with van der Waals surface area (Å²) in [5, 5.41) is 14.0. The first kappa shape index (κ1) is 13.7. The van der Waals surface area contributed by atoms with Gasteiger partial charge in [0.1, 0.15) is 0 Å². The predicted octanol–water partition coefficient (Wildman–Crippen LogP) is 3.02. The molecule has 0 bridgehead atoms. The number of rotatable bonds is 6. The van der Waals surface area contributed by atoms with Crippen LogP contribution < -0.4 is 5.32 Å². The largest absolute Gasteiger partial charge is 0.353 e. The maximum atomic E-state index is 10.7. The van der Waals surface area contributed by atoms with Crippen LogP contribution in [0.2, 0.25) is 0 Å². The molecule has 6 nitrogen and oxygen atoms in total. The molecular weight excluding hydrogens is 264 g/mol. The number of fused-ring (bicyclic) bond motifs is 1. The van der Waals surface area contributed by atoms with Gasteiger partial charge in [-0.25, -0.2) is 4.98 Å². The normalized spacial score (nSPS) is 12.5. The molecule has 0 amide bonds. The van der Waals surface area contributed by atoms with Crippen LogP contribution in [-0.2, 0) is 0 Å². The van der Waals surface area contributed by atoms with E-state index in [-0.39, 0.29) is 5.69 Å². The molecule has 1 aromatic carbocycles. The van der Waals surface area contributed by atoms with Gasteiger partial charge in [0, 0.05) is 18.2 Å². The highest BCUT2D eigenvalue weighted by Crippen LogP contribution is 2.21. The molecule has 0 spiro atoms. The number of non-ortho nitro benzene ring substituents is 1. The molecule has 1 heterocycles. The first-order valence-electron chi connectivity index (χ1n) is 6.00. The first-order valence-corrected chi connectivity index (χ1v) is 7.39. The molecule has 0 saturated carbocycles. The van der Waals surface area contributed by atoms with Gasteiger partial charge in [-0.2, -0.15) is 11.8 Å². The van der Waals surface area contributed by atoms with Crippen molar-refractivity contribution in [2.45, 2.75) is 19.4 Å². The number of anilines is 1. The van der Waals surface area contributed by atoms with Crippen molar-refractivity contribution in [1.82, 2.24) is 9.97 Å². The summed E-state index contributed by atoms with van der Waals surface area (Å²) in [6, 6.07) is 4.93. The molecule has 0 saturated heterocycles. The molecule has 1 aromatic heterocycles. The van der Waals surface area contributed by atoms with Crippen molar-refractivity contribution in [3.63, 3.8) is 0 Å². The SMILES string of the molecule is CSCCC(C)Nc1nc2ccc([N+](=O)[O-])cc2[nH]1. The van der Waals surface area contributed by atoms with Crippen LogP contribution in [0.1, 0.15) is 13.3 Å². The van der Waals surface area contributed by atoms with E-state index in [4.69, 9.17) is 0 Å². The lowest BCUT2D eigenvalue weighted by Crippen LogP contribution is -2.16. The summed E-state index contributed by atoms with van der Waals surface area (Å²) in [7, 11) is 0. The fraction of sp³-hybridized carbons (Fsp3) is 0.417. The first-order chi connectivity index (χ1) is 9.10. The number of benzene rings is 1. The lowest BCUT2D eigenvalue weighted by Gasteiger charge is -2.11. The van der Waals surface area contributed by atoms with Gasteiger partial charge in [0.2, 0.25) is 5.95 Å². The van der Waals surface area contributed by atoms with Crippen molar-refractivity contribution >= 4 is 34.4 Å². The molecule has 7 heteroatoms. The molecular formula is C12H16N4O2S. The van der Waals surface area contributed by atoms with E-state index in [1.165, 1.54) is 12.1 Å². The highest BCUT2D eigenvalue weighted by molar-refractivity contribution is 7.98. The summed E-state index contributed by atoms with van der Waals surface area (Å²) in [4.78, 5) is 17.7. The van der Waals surface area contributed by atoms with Crippen LogP contribution in [0.5, 0.6) is 0 Å². The van der Waals surface area contributed by atoms with Crippen LogP contribution in [0, 0.1) is 10.1 Å². The Morgan fingerprint density at radius 3 is 3.05 bits per heavy atom. The Labute approximate surface area is 115 Å². The zero-order valence-corrected chi connectivity index (χ0v) is 11.7. The van der Waals surface area contributed by atoms with Crippen LogP contribution in [-0.4, -0.2) is 32.9 Å². The van der Waals surface area contributed by atoms with E-state index >= 15 is 0 Å². The second kappa shape index (κ2) is 5.92. The zero-order valence-electron chi connectivity index (χ0n) is 10.8. The van der Waals surface area contributed by atoms with E-state index in [0.29, 0.717) is 17.5 Å². The molecule has 0 aliphatic heterocycles. The molecule has 0 aliphatic carbocycles. The number of hydrogen-bond acceptors (Lipinski definition) is 5. The average Bonchev–Trinajstić information content (AvgIpc) is 2.77. The number of H-pyrrole nitrogens is 1. The third kappa shape index (κ3) is 3.37. The predicted molar refractivity (Wildman–Crippen MR) is 78.8 cm³/mol. The number of nitro groups is 1. The van der Waals surface area contributed by atoms with Gasteiger partial charge in [0.15, 0.2) is 0 Å². The summed E-state index contributed by atoms with van der Waals surface area (Å²) < 4.78 is 0. The molecule has 0 fully saturated rings. The summed E-state index contributed by atoms with van der Waals surface area (Å²) >= 11 is 1.81. The Hall–Kier alpha value is -1.76. The van der Waals surface area contributed by atoms with Gasteiger partial charge in [-0.1, -0.05) is 0 Å². The van der Waals surface area contributed by atoms with Gasteiger partial charge in [0.05, 0.1) is 16.0 Å². The van der Waals surface area contributed by atoms with Crippen molar-refractivity contribution in [2.75, 3.05) is 17.3 Å². The van der Waals surface area contributed by atoms with E-state index in [1.54, 1.807) is 17.8 Å². The fourth-order valence-corrected chi connectivity index (χ4v) is 2.37. The van der Waals surface area contributed by atoms with E-state index in [0.717, 1.165) is 17.7 Å². The standard InChI is InChI=1S/C12H16N4O2S/c1-8(5-6-19-2)13-12-14-10-4-3-9(16(17)18)7-11(10)15-12/h3-4,7-8H,5-6H2,1-2H3,(H2,13,14,15). The number of imidazole rings is 1. The zero-order chi connectivity index (χ0) is 13.8. The molecule has 1 atom stereocenters. The smallest absolute Gasteiger partial charge is 0.271 e. The second-order valence-electron chi connectivity index (χ2n) is 4.37. The number of aromatic amines is 1. The van der Waals surface area contributed by atoms with Gasteiger partial charge in [0.25, 0.3) is 5.69 Å². The molecule has 2 N–H and O–H groups in total. The number of nitrogens with zero attached hydrogens (tertiary/aromatic N) is 2. The Morgan fingerprint density at radius 2 is 2.37 bits per heavy atom. The molecule has 102 valence electrons. The van der Waals surface area contributed by atoms with Gasteiger partial charge >= 0.3 is 0 Å². The van der Waals surface area contributed by atoms with E-state index in [1.807, 2.05) is 0 Å². The Bertz CT molecular complexity index is 584. The number of nitro benzene ring substituents is 1. The maximum Gasteiger partial charge on any atom is 0.271 e. The topological polar surface area (TPSA) is 83.8 Å². The molecule has 19 heavy (non-hydrogen) atoms. The lowest BCUT2D eigenvalue weighted by atomic mass is 10.3. The quantitative estimate of drug-likeness (QED) is 0.627. The van der Waals surface area contributed by atoms with Crippen LogP contribution in [0.15, 0.2) is 18.2 Å². The Balaban J connectivity index is 2.15. The minimum absolute atomic E-state index is 0.0677. The van der Waals surface area contributed by atoms with Crippen molar-refractivity contribution in [2.24, 2.45) is 0 Å². The molecule has 1 unspecified atom stereocenters. The average molecular weight is 280 g/mol. The van der Waals surface area contributed by atoms with E-state index in [2.05, 4.69) is 28.5 Å². The Kier molecular flexibility index (Phi) is 4.26. The van der Waals surface area contributed by atoms with Crippen molar-refractivity contribution in [3.8, 4) is 0 Å². The van der Waals surface area contributed by atoms with Crippen molar-refractivity contribution < 1.29 is 4.92 Å². The maximum absolute atomic E-state index is 10.7. The highest BCUT2D eigenvalue weighted by atomic mass is 32.2. The third-order valence-corrected chi connectivity index (χ3v) is 3.46. The number of aromatic nitrogens is 2. The Morgan fingerprint density at radius 1 is 1.58 bits per heavy atom. The monoisotopic (exact) mass is 280 g/mol. The minimum Gasteiger partial charge on any atom is -0.353 e. The minimum atomic E-state index is -0.408. The molecule has 0 radical (unpaired) electrons. The third-order valence-electron chi connectivity index (χ3n) is 2.81. The van der Waals surface area contributed by atoms with Gasteiger partial charge in [-0.05, 0) is 31.4 Å². The van der Waals surface area contributed by atoms with Gasteiger partial charge in [-0.3, -0.25) is 10.1 Å². The van der Waals surface area contributed by atoms with Gasteiger partial charge < -0.3 is 10.3 Å². The summed E-state index contributed by atoms with van der Waals surface area (Å²) in [5.74, 6) is 1.74. The summed E-state index contributed by atoms with van der Waals surface area (Å²) in [6.07, 6.45) is 3.12. The fourth-order valence-electron chi connectivity index (χ4n) is 1.78. The van der Waals surface area contributed by atoms with E-state index in [9.17, 15) is 10.1 Å². The number of hydrogen-bond donors (Lipinski definition) is 2. The molecule has 2 aromatic rings. The van der Waals surface area contributed by atoms with Crippen molar-refractivity contribution in [1.29, 1.82) is 0 Å². The number of nitrogens with one attached hydrogen (secondary N) is 2. The summed E-state index contributed by atoms with van der Waals surface area (Å²) in [6.45, 7) is 2.09. The van der Waals surface area contributed by atoms with Crippen molar-refractivity contribution in [3.05, 3.63) is 28.3 Å². The summed E-state index contributed by atoms with van der Waals surface area (Å²) in [5.41, 5.74) is 1.47. The lowest BCUT2D eigenvalue weighted by molar-refractivity contribution is -0.384. The van der Waals surface area contributed by atoms with Crippen LogP contribution in [0.3, 0.4) is 0 Å². The van der Waals surface area contributed by atoms with Crippen LogP contribution in [0.25, 0.3) is 11.0 Å².